The molecular weight excluding hydrogens is 252 g/mol. The molecule has 0 radical (unpaired) electrons. The average molecular weight is 266 g/mol. The summed E-state index contributed by atoms with van der Waals surface area (Å²) >= 11 is 11.6. The van der Waals surface area contributed by atoms with E-state index in [0.29, 0.717) is 30.3 Å². The van der Waals surface area contributed by atoms with Gasteiger partial charge in [0.15, 0.2) is 0 Å². The molecule has 0 saturated heterocycles. The van der Waals surface area contributed by atoms with E-state index >= 15 is 0 Å². The van der Waals surface area contributed by atoms with Crippen LogP contribution in [0, 0.1) is 5.82 Å². The first-order chi connectivity index (χ1) is 7.63. The van der Waals surface area contributed by atoms with Crippen LogP contribution >= 0.6 is 23.2 Å². The van der Waals surface area contributed by atoms with Gasteiger partial charge in [-0.05, 0) is 12.1 Å². The molecule has 5 heteroatoms. The van der Waals surface area contributed by atoms with Gasteiger partial charge in [-0.25, -0.2) is 4.39 Å². The molecule has 0 aliphatic heterocycles. The van der Waals surface area contributed by atoms with Crippen LogP contribution in [-0.4, -0.2) is 25.6 Å². The summed E-state index contributed by atoms with van der Waals surface area (Å²) in [4.78, 5) is 0. The van der Waals surface area contributed by atoms with Crippen LogP contribution in [0.3, 0.4) is 0 Å². The van der Waals surface area contributed by atoms with Crippen LogP contribution < -0.4 is 5.32 Å². The number of rotatable bonds is 6. The Morgan fingerprint density at radius 1 is 1.50 bits per heavy atom. The predicted octanol–water partition coefficient (Wildman–Crippen LogP) is 2.82. The maximum absolute atomic E-state index is 13.3. The Balaban J connectivity index is 2.37. The first-order valence-corrected chi connectivity index (χ1v) is 5.72. The van der Waals surface area contributed by atoms with Crippen molar-refractivity contribution in [2.75, 3.05) is 20.3 Å². The summed E-state index contributed by atoms with van der Waals surface area (Å²) in [6, 6.07) is 4.62. The number of ether oxygens (including phenoxy) is 1. The van der Waals surface area contributed by atoms with Crippen molar-refractivity contribution in [3.8, 4) is 0 Å². The molecule has 1 atom stereocenters. The molecule has 1 aromatic rings. The highest BCUT2D eigenvalue weighted by atomic mass is 35.5. The van der Waals surface area contributed by atoms with Crippen LogP contribution in [-0.2, 0) is 11.3 Å². The second-order valence-corrected chi connectivity index (χ2v) is 4.47. The van der Waals surface area contributed by atoms with Gasteiger partial charge >= 0.3 is 0 Å². The lowest BCUT2D eigenvalue weighted by atomic mass is 10.2. The minimum atomic E-state index is -0.308. The highest BCUT2D eigenvalue weighted by Crippen LogP contribution is 2.14. The number of hydrogen-bond donors (Lipinski definition) is 1. The average Bonchev–Trinajstić information content (AvgIpc) is 2.22. The zero-order chi connectivity index (χ0) is 12.0. The highest BCUT2D eigenvalue weighted by Gasteiger charge is 2.05. The number of alkyl halides is 1. The molecule has 0 fully saturated rings. The van der Waals surface area contributed by atoms with Gasteiger partial charge < -0.3 is 10.1 Å². The summed E-state index contributed by atoms with van der Waals surface area (Å²) in [5, 5.41) is 3.34. The second-order valence-electron chi connectivity index (χ2n) is 3.42. The maximum atomic E-state index is 13.3. The van der Waals surface area contributed by atoms with Gasteiger partial charge in [-0.1, -0.05) is 17.7 Å². The van der Waals surface area contributed by atoms with Crippen LogP contribution in [0.5, 0.6) is 0 Å². The normalized spacial score (nSPS) is 12.8. The minimum Gasteiger partial charge on any atom is -0.383 e. The number of nitrogens with one attached hydrogen (secondary N) is 1. The third-order valence-corrected chi connectivity index (χ3v) is 2.56. The van der Waals surface area contributed by atoms with Gasteiger partial charge in [0.2, 0.25) is 0 Å². The molecule has 90 valence electrons. The third kappa shape index (κ3) is 4.66. The van der Waals surface area contributed by atoms with Crippen LogP contribution in [0.2, 0.25) is 5.02 Å². The van der Waals surface area contributed by atoms with Gasteiger partial charge in [0.05, 0.1) is 12.0 Å². The van der Waals surface area contributed by atoms with E-state index in [0.717, 1.165) is 0 Å². The zero-order valence-corrected chi connectivity index (χ0v) is 10.5. The molecule has 0 bridgehead atoms. The van der Waals surface area contributed by atoms with Gasteiger partial charge in [-0.15, -0.1) is 11.6 Å². The molecule has 0 spiro atoms. The van der Waals surface area contributed by atoms with Crippen molar-refractivity contribution in [1.29, 1.82) is 0 Å². The van der Waals surface area contributed by atoms with E-state index in [1.165, 1.54) is 6.07 Å². The molecule has 16 heavy (non-hydrogen) atoms. The minimum absolute atomic E-state index is 0.111. The summed E-state index contributed by atoms with van der Waals surface area (Å²) in [5.41, 5.74) is 0.575. The quantitative estimate of drug-likeness (QED) is 0.799. The van der Waals surface area contributed by atoms with Gasteiger partial charge in [0.25, 0.3) is 0 Å². The molecule has 1 aromatic carbocycles. The van der Waals surface area contributed by atoms with Crippen LogP contribution in [0.25, 0.3) is 0 Å². The van der Waals surface area contributed by atoms with Crippen molar-refractivity contribution in [2.45, 2.75) is 11.9 Å². The smallest absolute Gasteiger partial charge is 0.129 e. The van der Waals surface area contributed by atoms with E-state index in [1.807, 2.05) is 0 Å². The van der Waals surface area contributed by atoms with Crippen molar-refractivity contribution in [1.82, 2.24) is 5.32 Å². The molecule has 1 N–H and O–H groups in total. The summed E-state index contributed by atoms with van der Waals surface area (Å²) in [7, 11) is 1.59. The first-order valence-electron chi connectivity index (χ1n) is 4.91. The van der Waals surface area contributed by atoms with Crippen molar-refractivity contribution in [3.63, 3.8) is 0 Å². The fraction of sp³-hybridized carbons (Fsp3) is 0.455. The van der Waals surface area contributed by atoms with Crippen molar-refractivity contribution >= 4 is 23.2 Å². The Morgan fingerprint density at radius 3 is 2.88 bits per heavy atom. The van der Waals surface area contributed by atoms with Gasteiger partial charge in [-0.2, -0.15) is 0 Å². The third-order valence-electron chi connectivity index (χ3n) is 2.04. The Kier molecular flexibility index (Phi) is 6.06. The lowest BCUT2D eigenvalue weighted by Gasteiger charge is -2.10. The SMILES string of the molecule is COCC(Cl)CNCc1ccc(Cl)cc1F. The van der Waals surface area contributed by atoms with Crippen molar-refractivity contribution in [3.05, 3.63) is 34.6 Å². The molecule has 0 aliphatic rings. The molecule has 2 nitrogen and oxygen atoms in total. The van der Waals surface area contributed by atoms with Crippen molar-refractivity contribution < 1.29 is 9.13 Å². The maximum Gasteiger partial charge on any atom is 0.129 e. The molecule has 0 amide bonds. The standard InChI is InChI=1S/C11H14Cl2FNO/c1-16-7-10(13)6-15-5-8-2-3-9(12)4-11(8)14/h2-4,10,15H,5-7H2,1H3. The lowest BCUT2D eigenvalue weighted by Crippen LogP contribution is -2.26. The topological polar surface area (TPSA) is 21.3 Å². The number of methoxy groups -OCH3 is 1. The summed E-state index contributed by atoms with van der Waals surface area (Å²) in [6.45, 7) is 1.46. The second kappa shape index (κ2) is 7.07. The van der Waals surface area contributed by atoms with E-state index in [2.05, 4.69) is 5.32 Å². The van der Waals surface area contributed by atoms with Crippen LogP contribution in [0.1, 0.15) is 5.56 Å². The zero-order valence-electron chi connectivity index (χ0n) is 8.97. The Bertz CT molecular complexity index is 336. The molecular formula is C11H14Cl2FNO. The molecule has 0 aromatic heterocycles. The molecule has 0 saturated carbocycles. The van der Waals surface area contributed by atoms with Crippen LogP contribution in [0.15, 0.2) is 18.2 Å². The van der Waals surface area contributed by atoms with Gasteiger partial charge in [0.1, 0.15) is 5.82 Å². The summed E-state index contributed by atoms with van der Waals surface area (Å²) < 4.78 is 18.2. The largest absolute Gasteiger partial charge is 0.383 e. The summed E-state index contributed by atoms with van der Waals surface area (Å²) in [6.07, 6.45) is 0. The van der Waals surface area contributed by atoms with Gasteiger partial charge in [0, 0.05) is 30.8 Å². The number of benzene rings is 1. The Labute approximate surface area is 105 Å². The van der Waals surface area contributed by atoms with E-state index in [1.54, 1.807) is 19.2 Å². The molecule has 1 unspecified atom stereocenters. The fourth-order valence-corrected chi connectivity index (χ4v) is 1.66. The lowest BCUT2D eigenvalue weighted by molar-refractivity contribution is 0.197. The summed E-state index contributed by atoms with van der Waals surface area (Å²) in [5.74, 6) is -0.308. The first kappa shape index (κ1) is 13.7. The van der Waals surface area contributed by atoms with E-state index in [9.17, 15) is 4.39 Å². The highest BCUT2D eigenvalue weighted by molar-refractivity contribution is 6.30. The number of halogens is 3. The molecule has 0 heterocycles. The van der Waals surface area contributed by atoms with E-state index < -0.39 is 0 Å². The Morgan fingerprint density at radius 2 is 2.25 bits per heavy atom. The van der Waals surface area contributed by atoms with E-state index in [-0.39, 0.29) is 11.2 Å². The monoisotopic (exact) mass is 265 g/mol. The number of hydrogen-bond acceptors (Lipinski definition) is 2. The van der Waals surface area contributed by atoms with Crippen molar-refractivity contribution in [2.24, 2.45) is 0 Å². The van der Waals surface area contributed by atoms with E-state index in [4.69, 9.17) is 27.9 Å². The Hall–Kier alpha value is -0.350. The van der Waals surface area contributed by atoms with Gasteiger partial charge in [-0.3, -0.25) is 0 Å². The molecule has 1 rings (SSSR count). The van der Waals surface area contributed by atoms with Crippen LogP contribution in [0.4, 0.5) is 4.39 Å². The molecule has 0 aliphatic carbocycles. The fourth-order valence-electron chi connectivity index (χ4n) is 1.27. The predicted molar refractivity (Wildman–Crippen MR) is 64.6 cm³/mol.